The van der Waals surface area contributed by atoms with Gasteiger partial charge in [0, 0.05) is 12.7 Å². The highest BCUT2D eigenvalue weighted by Gasteiger charge is 2.15. The van der Waals surface area contributed by atoms with Crippen LogP contribution in [0.25, 0.3) is 0 Å². The molecule has 2 aromatic rings. The van der Waals surface area contributed by atoms with Crippen LogP contribution >= 0.6 is 11.6 Å². The molecule has 0 aliphatic carbocycles. The first-order valence-corrected chi connectivity index (χ1v) is 8.17. The molecule has 0 aliphatic rings. The van der Waals surface area contributed by atoms with Crippen molar-refractivity contribution in [2.75, 3.05) is 30.8 Å². The molecule has 0 fully saturated rings. The Morgan fingerprint density at radius 1 is 1.04 bits per heavy atom. The van der Waals surface area contributed by atoms with E-state index in [0.29, 0.717) is 22.0 Å². The van der Waals surface area contributed by atoms with Crippen LogP contribution in [-0.2, 0) is 9.59 Å². The number of carbonyl (C=O) groups is 3. The number of anilines is 2. The number of rotatable bonds is 7. The van der Waals surface area contributed by atoms with E-state index in [9.17, 15) is 14.4 Å². The van der Waals surface area contributed by atoms with Gasteiger partial charge in [0.05, 0.1) is 29.4 Å². The van der Waals surface area contributed by atoms with Crippen molar-refractivity contribution in [1.82, 2.24) is 4.90 Å². The molecule has 3 amide bonds. The molecule has 7 nitrogen and oxygen atoms in total. The number of halogens is 1. The minimum atomic E-state index is -0.590. The van der Waals surface area contributed by atoms with Crippen LogP contribution in [0, 0.1) is 0 Å². The Kier molecular flexibility index (Phi) is 6.57. The van der Waals surface area contributed by atoms with E-state index >= 15 is 0 Å². The second-order valence-corrected chi connectivity index (χ2v) is 5.95. The van der Waals surface area contributed by atoms with Crippen LogP contribution in [0.5, 0.6) is 0 Å². The number of nitrogens with zero attached hydrogens (tertiary/aromatic N) is 1. The number of para-hydroxylation sites is 2. The molecule has 0 heterocycles. The summed E-state index contributed by atoms with van der Waals surface area (Å²) in [6.45, 7) is -0.219. The highest BCUT2D eigenvalue weighted by molar-refractivity contribution is 6.33. The van der Waals surface area contributed by atoms with Crippen molar-refractivity contribution in [3.63, 3.8) is 0 Å². The van der Waals surface area contributed by atoms with E-state index in [2.05, 4.69) is 10.6 Å². The Morgan fingerprint density at radius 2 is 1.65 bits per heavy atom. The van der Waals surface area contributed by atoms with Crippen LogP contribution in [0.4, 0.5) is 11.4 Å². The van der Waals surface area contributed by atoms with Crippen LogP contribution in [0.1, 0.15) is 10.4 Å². The molecule has 2 aromatic carbocycles. The zero-order valence-corrected chi connectivity index (χ0v) is 14.9. The Balaban J connectivity index is 1.89. The van der Waals surface area contributed by atoms with Crippen molar-refractivity contribution in [2.24, 2.45) is 5.73 Å². The summed E-state index contributed by atoms with van der Waals surface area (Å²) in [5.41, 5.74) is 6.53. The lowest BCUT2D eigenvalue weighted by Gasteiger charge is -2.18. The lowest BCUT2D eigenvalue weighted by atomic mass is 10.1. The Hall–Kier alpha value is -3.06. The summed E-state index contributed by atoms with van der Waals surface area (Å²) in [7, 11) is 1.51. The van der Waals surface area contributed by atoms with Crippen LogP contribution in [0.2, 0.25) is 5.02 Å². The molecule has 0 spiro atoms. The summed E-state index contributed by atoms with van der Waals surface area (Å²) < 4.78 is 0. The molecule has 0 bridgehead atoms. The first-order valence-electron chi connectivity index (χ1n) is 7.79. The van der Waals surface area contributed by atoms with E-state index in [4.69, 9.17) is 17.3 Å². The predicted molar refractivity (Wildman–Crippen MR) is 101 cm³/mol. The van der Waals surface area contributed by atoms with E-state index in [-0.39, 0.29) is 24.9 Å². The highest BCUT2D eigenvalue weighted by atomic mass is 35.5. The fraction of sp³-hybridized carbons (Fsp3) is 0.167. The molecule has 26 heavy (non-hydrogen) atoms. The molecule has 8 heteroatoms. The highest BCUT2D eigenvalue weighted by Crippen LogP contribution is 2.20. The maximum absolute atomic E-state index is 12.2. The largest absolute Gasteiger partial charge is 0.376 e. The fourth-order valence-corrected chi connectivity index (χ4v) is 2.40. The zero-order valence-electron chi connectivity index (χ0n) is 14.2. The van der Waals surface area contributed by atoms with Crippen molar-refractivity contribution >= 4 is 40.7 Å². The average molecular weight is 375 g/mol. The summed E-state index contributed by atoms with van der Waals surface area (Å²) in [6.07, 6.45) is 0. The molecule has 0 atom stereocenters. The zero-order chi connectivity index (χ0) is 19.1. The number of nitrogens with one attached hydrogen (secondary N) is 2. The number of hydrogen-bond donors (Lipinski definition) is 3. The second kappa shape index (κ2) is 8.87. The van der Waals surface area contributed by atoms with Gasteiger partial charge in [-0.25, -0.2) is 0 Å². The molecular formula is C18H19ClN4O3. The van der Waals surface area contributed by atoms with E-state index in [1.807, 2.05) is 0 Å². The van der Waals surface area contributed by atoms with Crippen molar-refractivity contribution in [3.8, 4) is 0 Å². The number of likely N-dealkylation sites (N-methyl/N-ethyl adjacent to an activating group) is 1. The van der Waals surface area contributed by atoms with Gasteiger partial charge in [-0.05, 0) is 24.3 Å². The van der Waals surface area contributed by atoms with Crippen LogP contribution in [0.15, 0.2) is 48.5 Å². The number of primary amides is 1. The lowest BCUT2D eigenvalue weighted by Crippen LogP contribution is -2.38. The normalized spacial score (nSPS) is 10.1. The van der Waals surface area contributed by atoms with Gasteiger partial charge in [-0.3, -0.25) is 14.4 Å². The monoisotopic (exact) mass is 374 g/mol. The van der Waals surface area contributed by atoms with E-state index in [1.165, 1.54) is 11.9 Å². The summed E-state index contributed by atoms with van der Waals surface area (Å²) in [5.74, 6) is -1.28. The van der Waals surface area contributed by atoms with Crippen LogP contribution in [0.3, 0.4) is 0 Å². The number of benzene rings is 2. The standard InChI is InChI=1S/C18H19ClN4O3/c1-23(11-16(24)22-15-9-5-3-7-13(15)19)17(25)10-21-14-8-4-2-6-12(14)18(20)26/h2-9,21H,10-11H2,1H3,(H2,20,26)(H,22,24). The van der Waals surface area contributed by atoms with Crippen molar-refractivity contribution in [1.29, 1.82) is 0 Å². The van der Waals surface area contributed by atoms with Gasteiger partial charge in [-0.15, -0.1) is 0 Å². The quantitative estimate of drug-likeness (QED) is 0.688. The van der Waals surface area contributed by atoms with Crippen molar-refractivity contribution < 1.29 is 14.4 Å². The van der Waals surface area contributed by atoms with Gasteiger partial charge >= 0.3 is 0 Å². The number of carbonyl (C=O) groups excluding carboxylic acids is 3. The molecule has 2 rings (SSSR count). The minimum absolute atomic E-state index is 0.0832. The Bertz CT molecular complexity index is 826. The Labute approximate surface area is 156 Å². The molecule has 0 aliphatic heterocycles. The first kappa shape index (κ1) is 19.3. The van der Waals surface area contributed by atoms with Gasteiger partial charge in [0.25, 0.3) is 5.91 Å². The summed E-state index contributed by atoms with van der Waals surface area (Å²) in [5, 5.41) is 5.93. The molecule has 0 unspecified atom stereocenters. The van der Waals surface area contributed by atoms with E-state index in [1.54, 1.807) is 48.5 Å². The minimum Gasteiger partial charge on any atom is -0.376 e. The van der Waals surface area contributed by atoms with Crippen LogP contribution in [-0.4, -0.2) is 42.8 Å². The predicted octanol–water partition coefficient (Wildman–Crippen LogP) is 1.95. The molecule has 0 radical (unpaired) electrons. The van der Waals surface area contributed by atoms with Crippen molar-refractivity contribution in [3.05, 3.63) is 59.1 Å². The maximum atomic E-state index is 12.2. The first-order chi connectivity index (χ1) is 12.4. The lowest BCUT2D eigenvalue weighted by molar-refractivity contribution is -0.131. The third-order valence-electron chi connectivity index (χ3n) is 3.58. The fourth-order valence-electron chi connectivity index (χ4n) is 2.21. The molecule has 0 aromatic heterocycles. The SMILES string of the molecule is CN(CC(=O)Nc1ccccc1Cl)C(=O)CNc1ccccc1C(N)=O. The molecule has 136 valence electrons. The van der Waals surface area contributed by atoms with E-state index in [0.717, 1.165) is 0 Å². The molecule has 4 N–H and O–H groups in total. The van der Waals surface area contributed by atoms with Gasteiger partial charge in [0.2, 0.25) is 11.8 Å². The number of nitrogens with two attached hydrogens (primary N) is 1. The van der Waals surface area contributed by atoms with Crippen LogP contribution < -0.4 is 16.4 Å². The van der Waals surface area contributed by atoms with Gasteiger partial charge in [0.1, 0.15) is 0 Å². The smallest absolute Gasteiger partial charge is 0.250 e. The topological polar surface area (TPSA) is 105 Å². The summed E-state index contributed by atoms with van der Waals surface area (Å²) in [4.78, 5) is 36.9. The van der Waals surface area contributed by atoms with Crippen molar-refractivity contribution in [2.45, 2.75) is 0 Å². The maximum Gasteiger partial charge on any atom is 0.250 e. The Morgan fingerprint density at radius 3 is 2.31 bits per heavy atom. The average Bonchev–Trinajstić information content (AvgIpc) is 2.61. The van der Waals surface area contributed by atoms with Gasteiger partial charge in [-0.2, -0.15) is 0 Å². The van der Waals surface area contributed by atoms with Gasteiger partial charge in [-0.1, -0.05) is 35.9 Å². The summed E-state index contributed by atoms with van der Waals surface area (Å²) >= 11 is 5.98. The van der Waals surface area contributed by atoms with Gasteiger partial charge < -0.3 is 21.3 Å². The molecule has 0 saturated heterocycles. The third-order valence-corrected chi connectivity index (χ3v) is 3.91. The number of hydrogen-bond acceptors (Lipinski definition) is 4. The number of amides is 3. The third kappa shape index (κ3) is 5.22. The molecular weight excluding hydrogens is 356 g/mol. The van der Waals surface area contributed by atoms with Gasteiger partial charge in [0.15, 0.2) is 0 Å². The molecule has 0 saturated carbocycles. The van der Waals surface area contributed by atoms with E-state index < -0.39 is 5.91 Å². The summed E-state index contributed by atoms with van der Waals surface area (Å²) in [6, 6.07) is 13.4. The second-order valence-electron chi connectivity index (χ2n) is 5.54.